The van der Waals surface area contributed by atoms with Crippen LogP contribution in [0.2, 0.25) is 0 Å². The molecule has 2 fully saturated rings. The third-order valence-corrected chi connectivity index (χ3v) is 4.72. The molecule has 3 rings (SSSR count). The van der Waals surface area contributed by atoms with E-state index in [1.807, 2.05) is 17.2 Å². The van der Waals surface area contributed by atoms with E-state index in [1.165, 1.54) is 0 Å². The second-order valence-corrected chi connectivity index (χ2v) is 6.31. The number of piperidine rings is 1. The van der Waals surface area contributed by atoms with E-state index in [-0.39, 0.29) is 5.92 Å². The van der Waals surface area contributed by atoms with E-state index in [0.29, 0.717) is 19.1 Å². The first-order valence-electron chi connectivity index (χ1n) is 8.66. The van der Waals surface area contributed by atoms with Gasteiger partial charge in [0.15, 0.2) is 0 Å². The Balaban J connectivity index is 1.48. The summed E-state index contributed by atoms with van der Waals surface area (Å²) >= 11 is 0. The van der Waals surface area contributed by atoms with Gasteiger partial charge in [-0.25, -0.2) is 9.97 Å². The van der Waals surface area contributed by atoms with Gasteiger partial charge >= 0.3 is 0 Å². The van der Waals surface area contributed by atoms with Gasteiger partial charge in [0.2, 0.25) is 5.91 Å². The molecule has 0 aliphatic carbocycles. The normalized spacial score (nSPS) is 20.7. The summed E-state index contributed by atoms with van der Waals surface area (Å²) < 4.78 is 5.33. The van der Waals surface area contributed by atoms with Crippen molar-refractivity contribution in [3.63, 3.8) is 0 Å². The van der Waals surface area contributed by atoms with Gasteiger partial charge in [-0.15, -0.1) is 0 Å². The quantitative estimate of drug-likeness (QED) is 0.832. The van der Waals surface area contributed by atoms with Gasteiger partial charge in [0.05, 0.1) is 18.9 Å². The standard InChI is InChI=1S/C17H26N4O2/c1-2-16-18-6-3-15(19-16)13-20-7-4-14(5-8-20)17(22)21-9-11-23-12-10-21/h3,6,14H,2,4-5,7-13H2,1H3. The predicted octanol–water partition coefficient (Wildman–Crippen LogP) is 1.11. The highest BCUT2D eigenvalue weighted by atomic mass is 16.5. The van der Waals surface area contributed by atoms with Gasteiger partial charge in [-0.3, -0.25) is 9.69 Å². The van der Waals surface area contributed by atoms with Gasteiger partial charge in [-0.2, -0.15) is 0 Å². The average molecular weight is 318 g/mol. The van der Waals surface area contributed by atoms with E-state index in [0.717, 1.165) is 63.5 Å². The smallest absolute Gasteiger partial charge is 0.225 e. The number of amides is 1. The Morgan fingerprint density at radius 1 is 1.26 bits per heavy atom. The van der Waals surface area contributed by atoms with E-state index in [2.05, 4.69) is 21.8 Å². The molecule has 0 spiro atoms. The maximum atomic E-state index is 12.5. The van der Waals surface area contributed by atoms with Crippen molar-refractivity contribution in [2.45, 2.75) is 32.7 Å². The Hall–Kier alpha value is -1.53. The van der Waals surface area contributed by atoms with Crippen molar-refractivity contribution >= 4 is 5.91 Å². The minimum absolute atomic E-state index is 0.181. The van der Waals surface area contributed by atoms with Crippen molar-refractivity contribution in [3.8, 4) is 0 Å². The summed E-state index contributed by atoms with van der Waals surface area (Å²) in [5.74, 6) is 1.41. The molecule has 1 amide bonds. The van der Waals surface area contributed by atoms with E-state index in [4.69, 9.17) is 4.74 Å². The van der Waals surface area contributed by atoms with Crippen molar-refractivity contribution in [1.82, 2.24) is 19.8 Å². The molecule has 0 aromatic carbocycles. The van der Waals surface area contributed by atoms with Gasteiger partial charge in [-0.05, 0) is 32.0 Å². The van der Waals surface area contributed by atoms with Crippen LogP contribution in [0.4, 0.5) is 0 Å². The lowest BCUT2D eigenvalue weighted by atomic mass is 9.95. The maximum absolute atomic E-state index is 12.5. The number of hydrogen-bond acceptors (Lipinski definition) is 5. The highest BCUT2D eigenvalue weighted by Gasteiger charge is 2.29. The van der Waals surface area contributed by atoms with E-state index < -0.39 is 0 Å². The van der Waals surface area contributed by atoms with Crippen LogP contribution in [0.1, 0.15) is 31.3 Å². The third-order valence-electron chi connectivity index (χ3n) is 4.72. The van der Waals surface area contributed by atoms with Crippen LogP contribution in [-0.4, -0.2) is 65.1 Å². The fraction of sp³-hybridized carbons (Fsp3) is 0.706. The fourth-order valence-corrected chi connectivity index (χ4v) is 3.31. The van der Waals surface area contributed by atoms with Crippen LogP contribution in [0.25, 0.3) is 0 Å². The number of ether oxygens (including phenoxy) is 1. The summed E-state index contributed by atoms with van der Waals surface area (Å²) in [6.45, 7) is 7.71. The first-order chi connectivity index (χ1) is 11.3. The summed E-state index contributed by atoms with van der Waals surface area (Å²) in [5, 5.41) is 0. The average Bonchev–Trinajstić information content (AvgIpc) is 2.63. The molecule has 2 aliphatic rings. The Labute approximate surface area is 137 Å². The molecule has 0 radical (unpaired) electrons. The molecule has 0 saturated carbocycles. The summed E-state index contributed by atoms with van der Waals surface area (Å²) in [6.07, 6.45) is 4.60. The Morgan fingerprint density at radius 3 is 2.70 bits per heavy atom. The predicted molar refractivity (Wildman–Crippen MR) is 86.8 cm³/mol. The SMILES string of the molecule is CCc1nccc(CN2CCC(C(=O)N3CCOCC3)CC2)n1. The molecule has 0 unspecified atom stereocenters. The summed E-state index contributed by atoms with van der Waals surface area (Å²) in [5.41, 5.74) is 1.08. The lowest BCUT2D eigenvalue weighted by Gasteiger charge is -2.35. The largest absolute Gasteiger partial charge is 0.378 e. The number of aromatic nitrogens is 2. The van der Waals surface area contributed by atoms with Gasteiger partial charge in [-0.1, -0.05) is 6.92 Å². The molecular weight excluding hydrogens is 292 g/mol. The first-order valence-corrected chi connectivity index (χ1v) is 8.66. The number of morpholine rings is 1. The van der Waals surface area contributed by atoms with E-state index in [1.54, 1.807) is 0 Å². The lowest BCUT2D eigenvalue weighted by Crippen LogP contribution is -2.46. The van der Waals surface area contributed by atoms with E-state index >= 15 is 0 Å². The van der Waals surface area contributed by atoms with Gasteiger partial charge < -0.3 is 9.64 Å². The van der Waals surface area contributed by atoms with Crippen molar-refractivity contribution in [3.05, 3.63) is 23.8 Å². The summed E-state index contributed by atoms with van der Waals surface area (Å²) in [4.78, 5) is 25.7. The zero-order valence-corrected chi connectivity index (χ0v) is 13.9. The zero-order valence-electron chi connectivity index (χ0n) is 13.9. The highest BCUT2D eigenvalue weighted by Crippen LogP contribution is 2.21. The molecule has 1 aromatic rings. The second-order valence-electron chi connectivity index (χ2n) is 6.31. The molecule has 2 saturated heterocycles. The van der Waals surface area contributed by atoms with Crippen molar-refractivity contribution < 1.29 is 9.53 Å². The number of hydrogen-bond donors (Lipinski definition) is 0. The number of rotatable bonds is 4. The van der Waals surface area contributed by atoms with Gasteiger partial charge in [0, 0.05) is 38.2 Å². The highest BCUT2D eigenvalue weighted by molar-refractivity contribution is 5.79. The first kappa shape index (κ1) is 16.3. The second kappa shape index (κ2) is 7.84. The number of aryl methyl sites for hydroxylation is 1. The van der Waals surface area contributed by atoms with Crippen LogP contribution in [0.15, 0.2) is 12.3 Å². The molecule has 0 N–H and O–H groups in total. The molecule has 6 heteroatoms. The van der Waals surface area contributed by atoms with Crippen LogP contribution in [0.3, 0.4) is 0 Å². The molecule has 23 heavy (non-hydrogen) atoms. The Morgan fingerprint density at radius 2 is 2.00 bits per heavy atom. The molecule has 6 nitrogen and oxygen atoms in total. The minimum Gasteiger partial charge on any atom is -0.378 e. The summed E-state index contributed by atoms with van der Waals surface area (Å²) in [7, 11) is 0. The molecule has 2 aliphatic heterocycles. The molecule has 0 atom stereocenters. The van der Waals surface area contributed by atoms with Crippen LogP contribution in [-0.2, 0) is 22.5 Å². The Kier molecular flexibility index (Phi) is 5.56. The molecule has 126 valence electrons. The third kappa shape index (κ3) is 4.26. The monoisotopic (exact) mass is 318 g/mol. The number of likely N-dealkylation sites (tertiary alicyclic amines) is 1. The van der Waals surface area contributed by atoms with Crippen molar-refractivity contribution in [1.29, 1.82) is 0 Å². The molecular formula is C17H26N4O2. The summed E-state index contributed by atoms with van der Waals surface area (Å²) in [6, 6.07) is 1.99. The topological polar surface area (TPSA) is 58.6 Å². The van der Waals surface area contributed by atoms with Crippen LogP contribution < -0.4 is 0 Å². The fourth-order valence-electron chi connectivity index (χ4n) is 3.31. The van der Waals surface area contributed by atoms with Crippen LogP contribution >= 0.6 is 0 Å². The molecule has 1 aromatic heterocycles. The van der Waals surface area contributed by atoms with Crippen molar-refractivity contribution in [2.24, 2.45) is 5.92 Å². The molecule has 3 heterocycles. The minimum atomic E-state index is 0.181. The Bertz CT molecular complexity index is 523. The van der Waals surface area contributed by atoms with Gasteiger partial charge in [0.25, 0.3) is 0 Å². The lowest BCUT2D eigenvalue weighted by molar-refractivity contribution is -0.141. The van der Waals surface area contributed by atoms with Crippen molar-refractivity contribution in [2.75, 3.05) is 39.4 Å². The van der Waals surface area contributed by atoms with E-state index in [9.17, 15) is 4.79 Å². The zero-order chi connectivity index (χ0) is 16.1. The van der Waals surface area contributed by atoms with Crippen LogP contribution in [0, 0.1) is 5.92 Å². The van der Waals surface area contributed by atoms with Crippen LogP contribution in [0.5, 0.6) is 0 Å². The number of carbonyl (C=O) groups excluding carboxylic acids is 1. The number of nitrogens with zero attached hydrogens (tertiary/aromatic N) is 4. The van der Waals surface area contributed by atoms with Gasteiger partial charge in [0.1, 0.15) is 5.82 Å². The number of carbonyl (C=O) groups is 1. The molecule has 0 bridgehead atoms. The maximum Gasteiger partial charge on any atom is 0.225 e.